The van der Waals surface area contributed by atoms with E-state index in [0.29, 0.717) is 11.5 Å². The van der Waals surface area contributed by atoms with Crippen LogP contribution in [0.3, 0.4) is 0 Å². The van der Waals surface area contributed by atoms with Crippen molar-refractivity contribution in [1.82, 2.24) is 4.72 Å². The Bertz CT molecular complexity index is 977. The first kappa shape index (κ1) is 21.2. The van der Waals surface area contributed by atoms with Crippen molar-refractivity contribution in [2.45, 2.75) is 42.9 Å². The first-order valence-corrected chi connectivity index (χ1v) is 11.2. The Balaban J connectivity index is 1.60. The number of sulfonamides is 1. The van der Waals surface area contributed by atoms with Gasteiger partial charge in [-0.2, -0.15) is 0 Å². The fourth-order valence-corrected chi connectivity index (χ4v) is 4.36. The summed E-state index contributed by atoms with van der Waals surface area (Å²) in [6.07, 6.45) is 6.17. The smallest absolute Gasteiger partial charge is 0.338 e. The summed E-state index contributed by atoms with van der Waals surface area (Å²) in [5.74, 6) is -0.482. The first-order chi connectivity index (χ1) is 13.9. The summed E-state index contributed by atoms with van der Waals surface area (Å²) in [5.41, 5.74) is 1.81. The third-order valence-electron chi connectivity index (χ3n) is 5.29. The van der Waals surface area contributed by atoms with Gasteiger partial charge in [-0.1, -0.05) is 49.6 Å². The molecule has 6 nitrogen and oxygen atoms in total. The van der Waals surface area contributed by atoms with Gasteiger partial charge in [0, 0.05) is 5.56 Å². The van der Waals surface area contributed by atoms with Crippen molar-refractivity contribution < 1.29 is 22.7 Å². The highest BCUT2D eigenvalue weighted by molar-refractivity contribution is 7.89. The van der Waals surface area contributed by atoms with E-state index in [-0.39, 0.29) is 16.2 Å². The lowest BCUT2D eigenvalue weighted by Crippen LogP contribution is -2.19. The molecule has 0 bridgehead atoms. The second-order valence-electron chi connectivity index (χ2n) is 7.19. The highest BCUT2D eigenvalue weighted by Gasteiger charge is 2.18. The lowest BCUT2D eigenvalue weighted by molar-refractivity contribution is 0.0474. The summed E-state index contributed by atoms with van der Waals surface area (Å²) in [6.45, 7) is -0.398. The van der Waals surface area contributed by atoms with Gasteiger partial charge in [-0.05, 0) is 49.6 Å². The molecule has 1 aliphatic rings. The summed E-state index contributed by atoms with van der Waals surface area (Å²) in [7, 11) is -2.38. The monoisotopic (exact) mass is 415 g/mol. The zero-order valence-corrected chi connectivity index (χ0v) is 17.2. The van der Waals surface area contributed by atoms with E-state index in [1.165, 1.54) is 69.0 Å². The van der Waals surface area contributed by atoms with Crippen LogP contribution < -0.4 is 4.72 Å². The van der Waals surface area contributed by atoms with E-state index < -0.39 is 22.6 Å². The van der Waals surface area contributed by atoms with E-state index in [1.54, 1.807) is 12.1 Å². The third-order valence-corrected chi connectivity index (χ3v) is 6.70. The van der Waals surface area contributed by atoms with Crippen LogP contribution in [0.1, 0.15) is 64.3 Å². The van der Waals surface area contributed by atoms with Crippen LogP contribution in [0, 0.1) is 0 Å². The van der Waals surface area contributed by atoms with Crippen molar-refractivity contribution in [3.63, 3.8) is 0 Å². The van der Waals surface area contributed by atoms with Crippen LogP contribution in [0.25, 0.3) is 0 Å². The second kappa shape index (κ2) is 9.33. The molecule has 2 aromatic rings. The number of rotatable bonds is 7. The van der Waals surface area contributed by atoms with Gasteiger partial charge in [0.1, 0.15) is 0 Å². The summed E-state index contributed by atoms with van der Waals surface area (Å²) >= 11 is 0. The second-order valence-corrected chi connectivity index (χ2v) is 9.08. The van der Waals surface area contributed by atoms with Crippen LogP contribution in [0.15, 0.2) is 53.4 Å². The Morgan fingerprint density at radius 2 is 1.69 bits per heavy atom. The number of ether oxygens (including phenoxy) is 1. The number of nitrogens with one attached hydrogen (secondary N) is 1. The van der Waals surface area contributed by atoms with Crippen molar-refractivity contribution in [2.24, 2.45) is 0 Å². The molecular formula is C22H25NO5S. The van der Waals surface area contributed by atoms with E-state index in [9.17, 15) is 18.0 Å². The molecule has 3 rings (SSSR count). The fourth-order valence-electron chi connectivity index (χ4n) is 3.58. The molecule has 0 amide bonds. The predicted molar refractivity (Wildman–Crippen MR) is 110 cm³/mol. The molecule has 1 aliphatic carbocycles. The van der Waals surface area contributed by atoms with E-state index >= 15 is 0 Å². The minimum atomic E-state index is -3.67. The minimum Gasteiger partial charge on any atom is -0.454 e. The predicted octanol–water partition coefficient (Wildman–Crippen LogP) is 3.68. The molecule has 7 heteroatoms. The summed E-state index contributed by atoms with van der Waals surface area (Å²) in [6, 6.07) is 13.0. The molecule has 0 atom stereocenters. The van der Waals surface area contributed by atoms with E-state index in [0.717, 1.165) is 0 Å². The van der Waals surface area contributed by atoms with Gasteiger partial charge >= 0.3 is 5.97 Å². The van der Waals surface area contributed by atoms with Crippen molar-refractivity contribution in [1.29, 1.82) is 0 Å². The van der Waals surface area contributed by atoms with E-state index in [2.05, 4.69) is 4.72 Å². The van der Waals surface area contributed by atoms with Crippen molar-refractivity contribution in [3.05, 3.63) is 65.2 Å². The van der Waals surface area contributed by atoms with Crippen molar-refractivity contribution in [3.8, 4) is 0 Å². The van der Waals surface area contributed by atoms with Gasteiger partial charge in [0.05, 0.1) is 10.5 Å². The quantitative estimate of drug-likeness (QED) is 0.550. The van der Waals surface area contributed by atoms with E-state index in [1.807, 2.05) is 12.1 Å². The number of benzene rings is 2. The molecule has 1 fully saturated rings. The fraction of sp³-hybridized carbons (Fsp3) is 0.364. The maximum Gasteiger partial charge on any atom is 0.338 e. The summed E-state index contributed by atoms with van der Waals surface area (Å²) in [5, 5.41) is 0. The number of Topliss-reactive ketones (excluding diaryl/α,β-unsaturated/α-hetero) is 1. The zero-order valence-electron chi connectivity index (χ0n) is 16.4. The molecule has 1 N–H and O–H groups in total. The molecule has 29 heavy (non-hydrogen) atoms. The standard InChI is InChI=1S/C22H25NO5S/c1-23-29(26,27)20-9-5-8-19(14-20)22(25)28-15-21(24)18-12-10-17(11-13-18)16-6-3-2-4-7-16/h5,8-14,16,23H,2-4,6-7,15H2,1H3. The molecule has 0 spiro atoms. The van der Waals surface area contributed by atoms with Crippen LogP contribution >= 0.6 is 0 Å². The average molecular weight is 416 g/mol. The van der Waals surface area contributed by atoms with Gasteiger partial charge in [0.15, 0.2) is 12.4 Å². The molecule has 0 unspecified atom stereocenters. The number of ketones is 1. The van der Waals surface area contributed by atoms with Gasteiger partial charge in [0.2, 0.25) is 10.0 Å². The highest BCUT2D eigenvalue weighted by Crippen LogP contribution is 2.32. The van der Waals surface area contributed by atoms with Gasteiger partial charge in [-0.15, -0.1) is 0 Å². The molecule has 1 saturated carbocycles. The Morgan fingerprint density at radius 3 is 2.34 bits per heavy atom. The van der Waals surface area contributed by atoms with Gasteiger partial charge in [0.25, 0.3) is 0 Å². The molecule has 2 aromatic carbocycles. The van der Waals surface area contributed by atoms with Crippen LogP contribution in [0.2, 0.25) is 0 Å². The molecule has 0 aliphatic heterocycles. The molecular weight excluding hydrogens is 390 g/mol. The minimum absolute atomic E-state index is 0.0425. The SMILES string of the molecule is CNS(=O)(=O)c1cccc(C(=O)OCC(=O)c2ccc(C3CCCCC3)cc2)c1. The van der Waals surface area contributed by atoms with Crippen LogP contribution in [0.5, 0.6) is 0 Å². The van der Waals surface area contributed by atoms with Gasteiger partial charge in [-0.3, -0.25) is 4.79 Å². The first-order valence-electron chi connectivity index (χ1n) is 9.74. The van der Waals surface area contributed by atoms with Crippen LogP contribution in [-0.4, -0.2) is 33.8 Å². The molecule has 0 aromatic heterocycles. The number of hydrogen-bond acceptors (Lipinski definition) is 5. The third kappa shape index (κ3) is 5.31. The Kier molecular flexibility index (Phi) is 6.82. The van der Waals surface area contributed by atoms with Crippen LogP contribution in [-0.2, 0) is 14.8 Å². The maximum atomic E-state index is 12.4. The number of hydrogen-bond donors (Lipinski definition) is 1. The number of carbonyl (C=O) groups is 2. The zero-order chi connectivity index (χ0) is 20.9. The normalized spacial score (nSPS) is 15.1. The molecule has 154 valence electrons. The lowest BCUT2D eigenvalue weighted by Gasteiger charge is -2.22. The Hall–Kier alpha value is -2.51. The average Bonchev–Trinajstić information content (AvgIpc) is 2.78. The van der Waals surface area contributed by atoms with Gasteiger partial charge < -0.3 is 4.74 Å². The van der Waals surface area contributed by atoms with Crippen LogP contribution in [0.4, 0.5) is 0 Å². The Morgan fingerprint density at radius 1 is 1.00 bits per heavy atom. The lowest BCUT2D eigenvalue weighted by atomic mass is 9.84. The largest absolute Gasteiger partial charge is 0.454 e. The number of carbonyl (C=O) groups excluding carboxylic acids is 2. The Labute approximate surface area is 171 Å². The van der Waals surface area contributed by atoms with E-state index in [4.69, 9.17) is 4.74 Å². The maximum absolute atomic E-state index is 12.4. The molecule has 0 heterocycles. The summed E-state index contributed by atoms with van der Waals surface area (Å²) < 4.78 is 31.0. The topological polar surface area (TPSA) is 89.5 Å². The summed E-state index contributed by atoms with van der Waals surface area (Å²) in [4.78, 5) is 24.5. The highest BCUT2D eigenvalue weighted by atomic mass is 32.2. The molecule has 0 radical (unpaired) electrons. The van der Waals surface area contributed by atoms with Crippen molar-refractivity contribution >= 4 is 21.8 Å². The molecule has 0 saturated heterocycles. The number of esters is 1. The van der Waals surface area contributed by atoms with Crippen molar-refractivity contribution in [2.75, 3.05) is 13.7 Å². The van der Waals surface area contributed by atoms with Gasteiger partial charge in [-0.25, -0.2) is 17.9 Å².